The highest BCUT2D eigenvalue weighted by Gasteiger charge is 2.27. The summed E-state index contributed by atoms with van der Waals surface area (Å²) in [5.74, 6) is 0.921. The minimum atomic E-state index is 0.793. The second kappa shape index (κ2) is 4.63. The van der Waals surface area contributed by atoms with Crippen molar-refractivity contribution in [2.75, 3.05) is 19.6 Å². The molecule has 2 heteroatoms. The van der Waals surface area contributed by atoms with Crippen molar-refractivity contribution in [1.29, 1.82) is 0 Å². The maximum Gasteiger partial charge on any atom is 0.00683 e. The van der Waals surface area contributed by atoms with E-state index in [1.165, 1.54) is 45.3 Å². The Labute approximate surface area is 88.1 Å². The summed E-state index contributed by atoms with van der Waals surface area (Å²) in [7, 11) is 0. The lowest BCUT2D eigenvalue weighted by Gasteiger charge is -2.22. The molecule has 82 valence electrons. The van der Waals surface area contributed by atoms with Crippen molar-refractivity contribution in [3.63, 3.8) is 0 Å². The molecule has 1 aliphatic heterocycles. The summed E-state index contributed by atoms with van der Waals surface area (Å²) in [4.78, 5) is 2.65. The van der Waals surface area contributed by atoms with E-state index in [2.05, 4.69) is 24.1 Å². The predicted octanol–water partition coefficient (Wildman–Crippen LogP) is 1.86. The number of rotatable bonds is 5. The van der Waals surface area contributed by atoms with E-state index in [4.69, 9.17) is 0 Å². The van der Waals surface area contributed by atoms with E-state index in [0.717, 1.165) is 18.0 Å². The molecule has 1 saturated heterocycles. The standard InChI is InChI=1S/C12H24N2/c1-3-10(2)14-7-6-11(9-14)8-13-12-4-5-12/h10-13H,3-9H2,1-2H3. The molecule has 2 unspecified atom stereocenters. The summed E-state index contributed by atoms with van der Waals surface area (Å²) < 4.78 is 0. The smallest absolute Gasteiger partial charge is 0.00683 e. The molecule has 1 N–H and O–H groups in total. The summed E-state index contributed by atoms with van der Waals surface area (Å²) >= 11 is 0. The summed E-state index contributed by atoms with van der Waals surface area (Å²) in [6.45, 7) is 8.56. The van der Waals surface area contributed by atoms with Crippen molar-refractivity contribution in [2.24, 2.45) is 5.92 Å². The average molecular weight is 196 g/mol. The average Bonchev–Trinajstić information content (AvgIpc) is 2.92. The molecule has 2 nitrogen and oxygen atoms in total. The Kier molecular flexibility index (Phi) is 3.45. The van der Waals surface area contributed by atoms with Crippen LogP contribution in [-0.4, -0.2) is 36.6 Å². The first-order valence-corrected chi connectivity index (χ1v) is 6.27. The van der Waals surface area contributed by atoms with Gasteiger partial charge in [0.15, 0.2) is 0 Å². The van der Waals surface area contributed by atoms with Crippen LogP contribution in [0.1, 0.15) is 39.5 Å². The number of hydrogen-bond acceptors (Lipinski definition) is 2. The first kappa shape index (κ1) is 10.4. The van der Waals surface area contributed by atoms with Gasteiger partial charge in [0.2, 0.25) is 0 Å². The SMILES string of the molecule is CCC(C)N1CCC(CNC2CC2)C1. The fourth-order valence-electron chi connectivity index (χ4n) is 2.31. The Morgan fingerprint density at radius 1 is 1.36 bits per heavy atom. The molecular weight excluding hydrogens is 172 g/mol. The normalized spacial score (nSPS) is 30.9. The molecule has 2 aliphatic rings. The van der Waals surface area contributed by atoms with Gasteiger partial charge in [0.05, 0.1) is 0 Å². The van der Waals surface area contributed by atoms with E-state index in [-0.39, 0.29) is 0 Å². The summed E-state index contributed by atoms with van der Waals surface area (Å²) in [5.41, 5.74) is 0. The van der Waals surface area contributed by atoms with Crippen LogP contribution in [0.3, 0.4) is 0 Å². The fourth-order valence-corrected chi connectivity index (χ4v) is 2.31. The summed E-state index contributed by atoms with van der Waals surface area (Å²) in [5, 5.41) is 3.65. The van der Waals surface area contributed by atoms with Gasteiger partial charge in [0, 0.05) is 18.6 Å². The van der Waals surface area contributed by atoms with Crippen LogP contribution in [0.25, 0.3) is 0 Å². The van der Waals surface area contributed by atoms with Gasteiger partial charge < -0.3 is 10.2 Å². The largest absolute Gasteiger partial charge is 0.314 e. The summed E-state index contributed by atoms with van der Waals surface area (Å²) in [6, 6.07) is 1.67. The Morgan fingerprint density at radius 2 is 2.14 bits per heavy atom. The molecule has 0 amide bonds. The number of hydrogen-bond donors (Lipinski definition) is 1. The van der Waals surface area contributed by atoms with Gasteiger partial charge >= 0.3 is 0 Å². The minimum absolute atomic E-state index is 0.793. The maximum absolute atomic E-state index is 3.65. The highest BCUT2D eigenvalue weighted by molar-refractivity contribution is 4.85. The molecule has 2 rings (SSSR count). The van der Waals surface area contributed by atoms with E-state index in [1.807, 2.05) is 0 Å². The fraction of sp³-hybridized carbons (Fsp3) is 1.00. The lowest BCUT2D eigenvalue weighted by atomic mass is 10.1. The molecule has 14 heavy (non-hydrogen) atoms. The van der Waals surface area contributed by atoms with Crippen molar-refractivity contribution in [1.82, 2.24) is 10.2 Å². The molecule has 0 spiro atoms. The second-order valence-corrected chi connectivity index (χ2v) is 5.09. The van der Waals surface area contributed by atoms with E-state index >= 15 is 0 Å². The molecule has 0 aromatic heterocycles. The lowest BCUT2D eigenvalue weighted by molar-refractivity contribution is 0.242. The molecule has 2 atom stereocenters. The Bertz CT molecular complexity index is 177. The first-order chi connectivity index (χ1) is 6.79. The topological polar surface area (TPSA) is 15.3 Å². The molecule has 0 aromatic rings. The van der Waals surface area contributed by atoms with Crippen molar-refractivity contribution in [2.45, 2.75) is 51.6 Å². The number of nitrogens with one attached hydrogen (secondary N) is 1. The number of likely N-dealkylation sites (tertiary alicyclic amines) is 1. The van der Waals surface area contributed by atoms with Crippen LogP contribution in [0, 0.1) is 5.92 Å². The molecule has 2 fully saturated rings. The summed E-state index contributed by atoms with van der Waals surface area (Å²) in [6.07, 6.45) is 5.54. The van der Waals surface area contributed by atoms with Gasteiger partial charge in [-0.05, 0) is 51.6 Å². The molecule has 0 radical (unpaired) electrons. The van der Waals surface area contributed by atoms with E-state index in [0.29, 0.717) is 0 Å². The highest BCUT2D eigenvalue weighted by atomic mass is 15.2. The molecule has 1 saturated carbocycles. The molecular formula is C12H24N2. The van der Waals surface area contributed by atoms with Crippen LogP contribution in [0.2, 0.25) is 0 Å². The van der Waals surface area contributed by atoms with Crippen molar-refractivity contribution < 1.29 is 0 Å². The van der Waals surface area contributed by atoms with Crippen LogP contribution in [-0.2, 0) is 0 Å². The Morgan fingerprint density at radius 3 is 2.79 bits per heavy atom. The molecule has 1 aliphatic carbocycles. The predicted molar refractivity (Wildman–Crippen MR) is 60.5 cm³/mol. The maximum atomic E-state index is 3.65. The zero-order valence-corrected chi connectivity index (χ0v) is 9.63. The Balaban J connectivity index is 1.65. The van der Waals surface area contributed by atoms with Gasteiger partial charge in [-0.1, -0.05) is 6.92 Å². The van der Waals surface area contributed by atoms with E-state index < -0.39 is 0 Å². The van der Waals surface area contributed by atoms with Crippen LogP contribution in [0.4, 0.5) is 0 Å². The van der Waals surface area contributed by atoms with Crippen molar-refractivity contribution in [3.05, 3.63) is 0 Å². The van der Waals surface area contributed by atoms with Gasteiger partial charge in [-0.25, -0.2) is 0 Å². The quantitative estimate of drug-likeness (QED) is 0.722. The van der Waals surface area contributed by atoms with Gasteiger partial charge in [0.25, 0.3) is 0 Å². The third-order valence-electron chi connectivity index (χ3n) is 3.80. The van der Waals surface area contributed by atoms with Crippen LogP contribution < -0.4 is 5.32 Å². The van der Waals surface area contributed by atoms with Gasteiger partial charge in [0.1, 0.15) is 0 Å². The third-order valence-corrected chi connectivity index (χ3v) is 3.80. The van der Waals surface area contributed by atoms with Gasteiger partial charge in [-0.3, -0.25) is 0 Å². The van der Waals surface area contributed by atoms with Crippen LogP contribution in [0.15, 0.2) is 0 Å². The first-order valence-electron chi connectivity index (χ1n) is 6.27. The monoisotopic (exact) mass is 196 g/mol. The molecule has 0 bridgehead atoms. The van der Waals surface area contributed by atoms with Gasteiger partial charge in [-0.15, -0.1) is 0 Å². The van der Waals surface area contributed by atoms with Crippen LogP contribution in [0.5, 0.6) is 0 Å². The zero-order chi connectivity index (χ0) is 9.97. The van der Waals surface area contributed by atoms with Gasteiger partial charge in [-0.2, -0.15) is 0 Å². The molecule has 1 heterocycles. The second-order valence-electron chi connectivity index (χ2n) is 5.09. The minimum Gasteiger partial charge on any atom is -0.314 e. The number of nitrogens with zero attached hydrogens (tertiary/aromatic N) is 1. The highest BCUT2D eigenvalue weighted by Crippen LogP contribution is 2.22. The molecule has 0 aromatic carbocycles. The zero-order valence-electron chi connectivity index (χ0n) is 9.63. The van der Waals surface area contributed by atoms with Crippen LogP contribution >= 0.6 is 0 Å². The lowest BCUT2D eigenvalue weighted by Crippen LogP contribution is -2.32. The van der Waals surface area contributed by atoms with E-state index in [9.17, 15) is 0 Å². The van der Waals surface area contributed by atoms with Crippen molar-refractivity contribution in [3.8, 4) is 0 Å². The van der Waals surface area contributed by atoms with E-state index in [1.54, 1.807) is 0 Å². The third kappa shape index (κ3) is 2.71. The van der Waals surface area contributed by atoms with Crippen molar-refractivity contribution >= 4 is 0 Å². The Hall–Kier alpha value is -0.0800.